The van der Waals surface area contributed by atoms with Crippen molar-refractivity contribution in [3.8, 4) is 0 Å². The fraction of sp³-hybridized carbons (Fsp3) is 0.571. The van der Waals surface area contributed by atoms with Crippen molar-refractivity contribution in [1.29, 1.82) is 0 Å². The third-order valence-corrected chi connectivity index (χ3v) is 4.03. The maximum absolute atomic E-state index is 10.4. The van der Waals surface area contributed by atoms with Gasteiger partial charge in [-0.2, -0.15) is 0 Å². The van der Waals surface area contributed by atoms with E-state index in [9.17, 15) is 5.11 Å². The van der Waals surface area contributed by atoms with Crippen molar-refractivity contribution in [2.24, 2.45) is 5.92 Å². The van der Waals surface area contributed by atoms with Crippen molar-refractivity contribution in [3.63, 3.8) is 0 Å². The van der Waals surface area contributed by atoms with E-state index in [1.807, 2.05) is 24.3 Å². The SMILES string of the molecule is CC(CN1CCNCC1)C(O)c1ccc(Br)cc1. The van der Waals surface area contributed by atoms with Crippen LogP contribution >= 0.6 is 15.9 Å². The van der Waals surface area contributed by atoms with E-state index in [2.05, 4.69) is 33.1 Å². The Labute approximate surface area is 117 Å². The van der Waals surface area contributed by atoms with E-state index in [0.29, 0.717) is 0 Å². The number of halogens is 1. The average Bonchev–Trinajstić information content (AvgIpc) is 2.40. The fourth-order valence-corrected chi connectivity index (χ4v) is 2.65. The van der Waals surface area contributed by atoms with Gasteiger partial charge in [-0.3, -0.25) is 0 Å². The van der Waals surface area contributed by atoms with Crippen LogP contribution < -0.4 is 5.32 Å². The fourth-order valence-electron chi connectivity index (χ4n) is 2.39. The highest BCUT2D eigenvalue weighted by molar-refractivity contribution is 9.10. The molecule has 0 aliphatic carbocycles. The highest BCUT2D eigenvalue weighted by Crippen LogP contribution is 2.24. The van der Waals surface area contributed by atoms with Crippen LogP contribution in [0, 0.1) is 5.92 Å². The van der Waals surface area contributed by atoms with Gasteiger partial charge in [0.2, 0.25) is 0 Å². The van der Waals surface area contributed by atoms with Gasteiger partial charge in [-0.05, 0) is 23.6 Å². The first-order valence-electron chi connectivity index (χ1n) is 6.53. The highest BCUT2D eigenvalue weighted by Gasteiger charge is 2.20. The minimum absolute atomic E-state index is 0.254. The second-order valence-electron chi connectivity index (χ2n) is 5.02. The molecule has 0 spiro atoms. The van der Waals surface area contributed by atoms with Crippen molar-refractivity contribution in [2.75, 3.05) is 32.7 Å². The molecule has 0 aromatic heterocycles. The number of aliphatic hydroxyl groups is 1. The number of hydrogen-bond acceptors (Lipinski definition) is 3. The third-order valence-electron chi connectivity index (χ3n) is 3.51. The third kappa shape index (κ3) is 3.79. The number of aliphatic hydroxyl groups excluding tert-OH is 1. The summed E-state index contributed by atoms with van der Waals surface area (Å²) in [5.74, 6) is 0.254. The quantitative estimate of drug-likeness (QED) is 0.893. The zero-order valence-electron chi connectivity index (χ0n) is 10.8. The monoisotopic (exact) mass is 312 g/mol. The molecule has 2 atom stereocenters. The van der Waals surface area contributed by atoms with Crippen molar-refractivity contribution in [1.82, 2.24) is 10.2 Å². The van der Waals surface area contributed by atoms with Crippen LogP contribution in [0.15, 0.2) is 28.7 Å². The number of nitrogens with zero attached hydrogens (tertiary/aromatic N) is 1. The summed E-state index contributed by atoms with van der Waals surface area (Å²) in [5, 5.41) is 13.7. The van der Waals surface area contributed by atoms with Crippen LogP contribution in [0.3, 0.4) is 0 Å². The Morgan fingerprint density at radius 3 is 2.50 bits per heavy atom. The van der Waals surface area contributed by atoms with E-state index in [1.165, 1.54) is 0 Å². The molecule has 1 fully saturated rings. The smallest absolute Gasteiger partial charge is 0.0827 e. The molecule has 2 rings (SSSR count). The molecule has 1 aliphatic rings. The molecule has 2 unspecified atom stereocenters. The van der Waals surface area contributed by atoms with Crippen LogP contribution in [-0.4, -0.2) is 42.7 Å². The van der Waals surface area contributed by atoms with E-state index >= 15 is 0 Å². The topological polar surface area (TPSA) is 35.5 Å². The van der Waals surface area contributed by atoms with Crippen LogP contribution in [0.25, 0.3) is 0 Å². The molecule has 100 valence electrons. The number of hydrogen-bond donors (Lipinski definition) is 2. The summed E-state index contributed by atoms with van der Waals surface area (Å²) >= 11 is 3.41. The molecule has 2 N–H and O–H groups in total. The molecule has 1 aliphatic heterocycles. The van der Waals surface area contributed by atoms with Gasteiger partial charge in [0.1, 0.15) is 0 Å². The van der Waals surface area contributed by atoms with Crippen LogP contribution in [0.4, 0.5) is 0 Å². The first-order chi connectivity index (χ1) is 8.66. The minimum Gasteiger partial charge on any atom is -0.388 e. The molecule has 0 saturated carbocycles. The predicted octanol–water partition coefficient (Wildman–Crippen LogP) is 2.02. The Morgan fingerprint density at radius 2 is 1.89 bits per heavy atom. The summed E-state index contributed by atoms with van der Waals surface area (Å²) in [5.41, 5.74) is 1.00. The molecule has 1 heterocycles. The minimum atomic E-state index is -0.381. The number of rotatable bonds is 4. The van der Waals surface area contributed by atoms with E-state index in [-0.39, 0.29) is 12.0 Å². The van der Waals surface area contributed by atoms with Gasteiger partial charge in [0.05, 0.1) is 6.10 Å². The van der Waals surface area contributed by atoms with Gasteiger partial charge in [-0.1, -0.05) is 35.0 Å². The molecule has 0 bridgehead atoms. The molecular formula is C14H21BrN2O. The van der Waals surface area contributed by atoms with Gasteiger partial charge in [0.25, 0.3) is 0 Å². The Kier molecular flexibility index (Phi) is 5.18. The van der Waals surface area contributed by atoms with E-state index in [0.717, 1.165) is 42.8 Å². The van der Waals surface area contributed by atoms with Crippen molar-refractivity contribution in [3.05, 3.63) is 34.3 Å². The van der Waals surface area contributed by atoms with Crippen LogP contribution in [0.1, 0.15) is 18.6 Å². The first kappa shape index (κ1) is 14.0. The second-order valence-corrected chi connectivity index (χ2v) is 5.94. The van der Waals surface area contributed by atoms with Crippen LogP contribution in [0.5, 0.6) is 0 Å². The van der Waals surface area contributed by atoms with Gasteiger partial charge in [0, 0.05) is 37.2 Å². The van der Waals surface area contributed by atoms with Crippen molar-refractivity contribution >= 4 is 15.9 Å². The molecular weight excluding hydrogens is 292 g/mol. The molecule has 3 nitrogen and oxygen atoms in total. The molecule has 4 heteroatoms. The zero-order chi connectivity index (χ0) is 13.0. The largest absolute Gasteiger partial charge is 0.388 e. The Bertz CT molecular complexity index is 363. The summed E-state index contributed by atoms with van der Waals surface area (Å²) in [4.78, 5) is 2.42. The zero-order valence-corrected chi connectivity index (χ0v) is 12.4. The summed E-state index contributed by atoms with van der Waals surface area (Å²) in [6, 6.07) is 7.94. The summed E-state index contributed by atoms with van der Waals surface area (Å²) in [6.07, 6.45) is -0.381. The molecule has 1 aromatic carbocycles. The van der Waals surface area contributed by atoms with Gasteiger partial charge in [0.15, 0.2) is 0 Å². The molecule has 1 aromatic rings. The lowest BCUT2D eigenvalue weighted by atomic mass is 9.97. The van der Waals surface area contributed by atoms with Crippen LogP contribution in [-0.2, 0) is 0 Å². The molecule has 0 amide bonds. The number of piperazine rings is 1. The standard InChI is InChI=1S/C14H21BrN2O/c1-11(10-17-8-6-16-7-9-17)14(18)12-2-4-13(15)5-3-12/h2-5,11,14,16,18H,6-10H2,1H3. The van der Waals surface area contributed by atoms with Gasteiger partial charge >= 0.3 is 0 Å². The summed E-state index contributed by atoms with van der Waals surface area (Å²) in [6.45, 7) is 7.35. The first-order valence-corrected chi connectivity index (χ1v) is 7.32. The highest BCUT2D eigenvalue weighted by atomic mass is 79.9. The van der Waals surface area contributed by atoms with Gasteiger partial charge < -0.3 is 15.3 Å². The second kappa shape index (κ2) is 6.66. The lowest BCUT2D eigenvalue weighted by molar-refractivity contribution is 0.0842. The van der Waals surface area contributed by atoms with Crippen LogP contribution in [0.2, 0.25) is 0 Å². The number of benzene rings is 1. The Hall–Kier alpha value is -0.420. The van der Waals surface area contributed by atoms with Crippen molar-refractivity contribution in [2.45, 2.75) is 13.0 Å². The maximum atomic E-state index is 10.4. The number of nitrogens with one attached hydrogen (secondary N) is 1. The van der Waals surface area contributed by atoms with E-state index in [1.54, 1.807) is 0 Å². The summed E-state index contributed by atoms with van der Waals surface area (Å²) in [7, 11) is 0. The van der Waals surface area contributed by atoms with E-state index < -0.39 is 0 Å². The summed E-state index contributed by atoms with van der Waals surface area (Å²) < 4.78 is 1.05. The lowest BCUT2D eigenvalue weighted by Gasteiger charge is -2.31. The predicted molar refractivity (Wildman–Crippen MR) is 77.6 cm³/mol. The van der Waals surface area contributed by atoms with E-state index in [4.69, 9.17) is 0 Å². The molecule has 1 saturated heterocycles. The van der Waals surface area contributed by atoms with Gasteiger partial charge in [-0.25, -0.2) is 0 Å². The maximum Gasteiger partial charge on any atom is 0.0827 e. The lowest BCUT2D eigenvalue weighted by Crippen LogP contribution is -2.45. The molecule has 0 radical (unpaired) electrons. The molecule has 18 heavy (non-hydrogen) atoms. The Morgan fingerprint density at radius 1 is 1.28 bits per heavy atom. The van der Waals surface area contributed by atoms with Crippen molar-refractivity contribution < 1.29 is 5.11 Å². The normalized spacial score (nSPS) is 20.6. The van der Waals surface area contributed by atoms with Gasteiger partial charge in [-0.15, -0.1) is 0 Å². The Balaban J connectivity index is 1.91. The average molecular weight is 313 g/mol.